The molecule has 0 bridgehead atoms. The van der Waals surface area contributed by atoms with Crippen molar-refractivity contribution in [3.8, 4) is 11.1 Å². The third-order valence-corrected chi connectivity index (χ3v) is 5.01. The van der Waals surface area contributed by atoms with Gasteiger partial charge in [-0.2, -0.15) is 5.10 Å². The molecular formula is C20H20ClN5O. The van der Waals surface area contributed by atoms with E-state index in [2.05, 4.69) is 22.2 Å². The maximum Gasteiger partial charge on any atom is 0.280 e. The van der Waals surface area contributed by atoms with Crippen molar-refractivity contribution >= 4 is 28.3 Å². The van der Waals surface area contributed by atoms with E-state index in [4.69, 9.17) is 11.6 Å². The van der Waals surface area contributed by atoms with Gasteiger partial charge in [0.05, 0.1) is 11.3 Å². The summed E-state index contributed by atoms with van der Waals surface area (Å²) in [5.41, 5.74) is 4.20. The molecule has 0 N–H and O–H groups in total. The van der Waals surface area contributed by atoms with Crippen LogP contribution in [0.25, 0.3) is 27.8 Å². The summed E-state index contributed by atoms with van der Waals surface area (Å²) in [5, 5.41) is 13.9. The Balaban J connectivity index is 1.87. The smallest absolute Gasteiger partial charge is 0.280 e. The van der Waals surface area contributed by atoms with Crippen LogP contribution in [0.1, 0.15) is 31.9 Å². The van der Waals surface area contributed by atoms with Crippen LogP contribution in [0.15, 0.2) is 41.3 Å². The lowest BCUT2D eigenvalue weighted by atomic mass is 10.1. The zero-order chi connectivity index (χ0) is 19.0. The molecule has 4 rings (SSSR count). The number of hydrogen-bond donors (Lipinski definition) is 0. The molecule has 7 heteroatoms. The van der Waals surface area contributed by atoms with Crippen molar-refractivity contribution in [2.75, 3.05) is 0 Å². The molecule has 6 nitrogen and oxygen atoms in total. The molecule has 3 heterocycles. The number of benzene rings is 1. The molecule has 27 heavy (non-hydrogen) atoms. The maximum absolute atomic E-state index is 12.8. The van der Waals surface area contributed by atoms with Gasteiger partial charge in [-0.05, 0) is 37.1 Å². The summed E-state index contributed by atoms with van der Waals surface area (Å²) in [6.07, 6.45) is 5.00. The molecule has 0 unspecified atom stereocenters. The normalized spacial score (nSPS) is 11.5. The molecule has 3 aromatic heterocycles. The third kappa shape index (κ3) is 3.10. The highest BCUT2D eigenvalue weighted by molar-refractivity contribution is 6.30. The van der Waals surface area contributed by atoms with Gasteiger partial charge in [0.1, 0.15) is 5.52 Å². The molecule has 0 saturated heterocycles. The second-order valence-electron chi connectivity index (χ2n) is 6.66. The number of unbranched alkanes of at least 4 members (excludes halogenated alkanes) is 2. The molecule has 0 aliphatic rings. The predicted octanol–water partition coefficient (Wildman–Crippen LogP) is 4.26. The fraction of sp³-hybridized carbons (Fsp3) is 0.300. The first kappa shape index (κ1) is 17.7. The molecule has 0 fully saturated rings. The zero-order valence-electron chi connectivity index (χ0n) is 15.3. The molecule has 4 aromatic rings. The summed E-state index contributed by atoms with van der Waals surface area (Å²) in [4.78, 5) is 12.8. The van der Waals surface area contributed by atoms with E-state index in [1.165, 1.54) is 0 Å². The number of pyridine rings is 1. The minimum Gasteiger partial charge on any atom is -0.313 e. The highest BCUT2D eigenvalue weighted by atomic mass is 35.5. The van der Waals surface area contributed by atoms with Gasteiger partial charge in [0.25, 0.3) is 5.56 Å². The van der Waals surface area contributed by atoms with Crippen LogP contribution in [0.2, 0.25) is 5.02 Å². The van der Waals surface area contributed by atoms with Gasteiger partial charge in [0, 0.05) is 17.8 Å². The first-order valence-corrected chi connectivity index (χ1v) is 9.49. The number of halogens is 1. The van der Waals surface area contributed by atoms with E-state index in [0.29, 0.717) is 28.2 Å². The SMILES string of the molecule is CCCCCn1ccc2c(nnc3c(-c4ccc(Cl)cc4)c(C)nn32)c1=O. The Morgan fingerprint density at radius 1 is 1.07 bits per heavy atom. The number of aryl methyl sites for hydroxylation is 2. The lowest BCUT2D eigenvalue weighted by Gasteiger charge is -2.07. The van der Waals surface area contributed by atoms with E-state index in [1.807, 2.05) is 43.5 Å². The van der Waals surface area contributed by atoms with E-state index in [-0.39, 0.29) is 5.56 Å². The van der Waals surface area contributed by atoms with Gasteiger partial charge in [-0.1, -0.05) is 43.5 Å². The second-order valence-corrected chi connectivity index (χ2v) is 7.09. The van der Waals surface area contributed by atoms with Crippen LogP contribution in [0, 0.1) is 6.92 Å². The Bertz CT molecular complexity index is 1180. The van der Waals surface area contributed by atoms with Gasteiger partial charge in [-0.15, -0.1) is 10.2 Å². The maximum atomic E-state index is 12.8. The van der Waals surface area contributed by atoms with Crippen molar-refractivity contribution < 1.29 is 0 Å². The Morgan fingerprint density at radius 2 is 1.85 bits per heavy atom. The lowest BCUT2D eigenvalue weighted by Crippen LogP contribution is -2.21. The topological polar surface area (TPSA) is 65.1 Å². The molecule has 0 aliphatic heterocycles. The summed E-state index contributed by atoms with van der Waals surface area (Å²) in [7, 11) is 0. The highest BCUT2D eigenvalue weighted by Crippen LogP contribution is 2.28. The number of aromatic nitrogens is 5. The monoisotopic (exact) mass is 381 g/mol. The van der Waals surface area contributed by atoms with E-state index in [9.17, 15) is 4.79 Å². The summed E-state index contributed by atoms with van der Waals surface area (Å²) < 4.78 is 3.41. The molecule has 0 amide bonds. The average Bonchev–Trinajstić information content (AvgIpc) is 3.00. The zero-order valence-corrected chi connectivity index (χ0v) is 16.1. The van der Waals surface area contributed by atoms with Crippen molar-refractivity contribution in [2.45, 2.75) is 39.7 Å². The lowest BCUT2D eigenvalue weighted by molar-refractivity contribution is 0.589. The van der Waals surface area contributed by atoms with Crippen LogP contribution in [-0.4, -0.2) is 24.4 Å². The Kier molecular flexibility index (Phi) is 4.66. The molecule has 0 atom stereocenters. The van der Waals surface area contributed by atoms with Gasteiger partial charge in [-0.3, -0.25) is 4.79 Å². The summed E-state index contributed by atoms with van der Waals surface area (Å²) >= 11 is 6.00. The minimum atomic E-state index is -0.126. The molecule has 0 saturated carbocycles. The van der Waals surface area contributed by atoms with Crippen molar-refractivity contribution in [1.29, 1.82) is 0 Å². The fourth-order valence-corrected chi connectivity index (χ4v) is 3.48. The number of fused-ring (bicyclic) bond motifs is 3. The molecule has 1 aromatic carbocycles. The number of hydrogen-bond acceptors (Lipinski definition) is 4. The second kappa shape index (κ2) is 7.12. The molecule has 0 spiro atoms. The number of nitrogens with zero attached hydrogens (tertiary/aromatic N) is 5. The van der Waals surface area contributed by atoms with E-state index < -0.39 is 0 Å². The summed E-state index contributed by atoms with van der Waals surface area (Å²) in [6.45, 7) is 4.76. The Hall–Kier alpha value is -2.73. The van der Waals surface area contributed by atoms with Gasteiger partial charge < -0.3 is 4.57 Å². The van der Waals surface area contributed by atoms with Crippen LogP contribution in [0.3, 0.4) is 0 Å². The Morgan fingerprint density at radius 3 is 2.59 bits per heavy atom. The molecule has 138 valence electrons. The van der Waals surface area contributed by atoms with Crippen molar-refractivity contribution in [2.24, 2.45) is 0 Å². The van der Waals surface area contributed by atoms with E-state index in [1.54, 1.807) is 9.08 Å². The van der Waals surface area contributed by atoms with Gasteiger partial charge in [-0.25, -0.2) is 4.52 Å². The van der Waals surface area contributed by atoms with Crippen LogP contribution in [-0.2, 0) is 6.54 Å². The first-order chi connectivity index (χ1) is 13.1. The largest absolute Gasteiger partial charge is 0.313 e. The number of rotatable bonds is 5. The predicted molar refractivity (Wildman–Crippen MR) is 107 cm³/mol. The van der Waals surface area contributed by atoms with Gasteiger partial charge >= 0.3 is 0 Å². The van der Waals surface area contributed by atoms with Gasteiger partial charge in [0.2, 0.25) is 0 Å². The summed E-state index contributed by atoms with van der Waals surface area (Å²) in [5.74, 6) is 0. The highest BCUT2D eigenvalue weighted by Gasteiger charge is 2.17. The van der Waals surface area contributed by atoms with Crippen molar-refractivity contribution in [3.63, 3.8) is 0 Å². The van der Waals surface area contributed by atoms with E-state index in [0.717, 1.165) is 36.1 Å². The van der Waals surface area contributed by atoms with E-state index >= 15 is 0 Å². The average molecular weight is 382 g/mol. The standard InChI is InChI=1S/C20H20ClN5O/c1-3-4-5-11-25-12-10-16-18(20(25)27)22-23-19-17(13(2)24-26(16)19)14-6-8-15(21)9-7-14/h6-10,12H,3-5,11H2,1-2H3. The molecule has 0 radical (unpaired) electrons. The summed E-state index contributed by atoms with van der Waals surface area (Å²) in [6, 6.07) is 9.43. The molecular weight excluding hydrogens is 362 g/mol. The van der Waals surface area contributed by atoms with Crippen LogP contribution in [0.4, 0.5) is 0 Å². The van der Waals surface area contributed by atoms with Crippen LogP contribution < -0.4 is 5.56 Å². The van der Waals surface area contributed by atoms with Crippen molar-refractivity contribution in [1.82, 2.24) is 24.4 Å². The third-order valence-electron chi connectivity index (χ3n) is 4.76. The quantitative estimate of drug-likeness (QED) is 0.484. The van der Waals surface area contributed by atoms with Crippen LogP contribution >= 0.6 is 11.6 Å². The minimum absolute atomic E-state index is 0.126. The molecule has 0 aliphatic carbocycles. The fourth-order valence-electron chi connectivity index (χ4n) is 3.35. The first-order valence-electron chi connectivity index (χ1n) is 9.11. The van der Waals surface area contributed by atoms with Crippen molar-refractivity contribution in [3.05, 3.63) is 57.6 Å². The van der Waals surface area contributed by atoms with Crippen LogP contribution in [0.5, 0.6) is 0 Å². The van der Waals surface area contributed by atoms with Gasteiger partial charge in [0.15, 0.2) is 11.2 Å². The Labute approximate surface area is 161 Å².